The van der Waals surface area contributed by atoms with Crippen LogP contribution in [0.2, 0.25) is 0 Å². The molecule has 0 saturated carbocycles. The van der Waals surface area contributed by atoms with Crippen molar-refractivity contribution in [3.63, 3.8) is 0 Å². The number of rotatable bonds is 8. The predicted octanol–water partition coefficient (Wildman–Crippen LogP) is 4.66. The number of amides is 1. The summed E-state index contributed by atoms with van der Waals surface area (Å²) in [7, 11) is -2.21. The Balaban J connectivity index is 1.56. The van der Waals surface area contributed by atoms with Gasteiger partial charge in [0.05, 0.1) is 0 Å². The Morgan fingerprint density at radius 2 is 1.03 bits per heavy atom. The van der Waals surface area contributed by atoms with Gasteiger partial charge in [-0.3, -0.25) is 4.79 Å². The van der Waals surface area contributed by atoms with Gasteiger partial charge < -0.3 is 10.4 Å². The van der Waals surface area contributed by atoms with Crippen LogP contribution in [0.4, 0.5) is 0 Å². The van der Waals surface area contributed by atoms with Crippen molar-refractivity contribution in [3.05, 3.63) is 157 Å². The summed E-state index contributed by atoms with van der Waals surface area (Å²) < 4.78 is 0. The molecule has 0 unspecified atom stereocenters. The Bertz CT molecular complexity index is 1340. The summed E-state index contributed by atoms with van der Waals surface area (Å²) >= 11 is 0. The molecule has 37 heavy (non-hydrogen) atoms. The molecule has 0 aliphatic carbocycles. The van der Waals surface area contributed by atoms with E-state index in [-0.39, 0.29) is 0 Å². The molecule has 0 saturated heterocycles. The van der Waals surface area contributed by atoms with Gasteiger partial charge in [-0.1, -0.05) is 97.1 Å². The zero-order chi connectivity index (χ0) is 25.5. The summed E-state index contributed by atoms with van der Waals surface area (Å²) in [4.78, 5) is 12.7. The van der Waals surface area contributed by atoms with Crippen LogP contribution in [0.1, 0.15) is 17.2 Å². The van der Waals surface area contributed by atoms with E-state index in [1.807, 2.05) is 24.3 Å². The van der Waals surface area contributed by atoms with E-state index >= 15 is 0 Å². The van der Waals surface area contributed by atoms with Crippen LogP contribution >= 0.6 is 7.26 Å². The Kier molecular flexibility index (Phi) is 7.56. The fraction of sp³-hybridized carbons (Fsp3) is 0.0606. The van der Waals surface area contributed by atoms with Crippen LogP contribution in [0.15, 0.2) is 146 Å². The summed E-state index contributed by atoms with van der Waals surface area (Å²) in [6, 6.07) is 49.6. The van der Waals surface area contributed by atoms with Crippen LogP contribution in [0.5, 0.6) is 0 Å². The molecule has 5 rings (SSSR count). The molecule has 0 spiro atoms. The van der Waals surface area contributed by atoms with Gasteiger partial charge in [-0.25, -0.2) is 0 Å². The standard InChI is InChI=1S/C33H28NO2P/c35-32(27-15-5-1-6-16-27)33(36)34-25-26-14-13-23-31(24-26)37(28-17-7-2-8-18-28,29-19-9-3-10-20-29)30-21-11-4-12-22-30/h1-24,32,35H,25H2/p+1/t32-/m0/s1. The van der Waals surface area contributed by atoms with E-state index < -0.39 is 19.3 Å². The Morgan fingerprint density at radius 1 is 0.595 bits per heavy atom. The number of carbonyl (C=O) groups is 1. The average Bonchev–Trinajstić information content (AvgIpc) is 2.98. The second kappa shape index (κ2) is 11.3. The van der Waals surface area contributed by atoms with E-state index in [9.17, 15) is 9.90 Å². The highest BCUT2D eigenvalue weighted by atomic mass is 31.2. The zero-order valence-electron chi connectivity index (χ0n) is 20.4. The molecular formula is C33H29NO2P+. The van der Waals surface area contributed by atoms with Gasteiger partial charge in [0.1, 0.15) is 28.5 Å². The molecule has 1 amide bonds. The first-order valence-corrected chi connectivity index (χ1v) is 14.1. The average molecular weight is 503 g/mol. The molecule has 5 aromatic carbocycles. The van der Waals surface area contributed by atoms with Gasteiger partial charge in [-0.2, -0.15) is 0 Å². The number of hydrogen-bond acceptors (Lipinski definition) is 2. The second-order valence-electron chi connectivity index (χ2n) is 8.88. The van der Waals surface area contributed by atoms with Crippen LogP contribution < -0.4 is 26.5 Å². The van der Waals surface area contributed by atoms with E-state index in [0.29, 0.717) is 12.1 Å². The first-order valence-electron chi connectivity index (χ1n) is 12.4. The first-order chi connectivity index (χ1) is 18.2. The molecule has 182 valence electrons. The summed E-state index contributed by atoms with van der Waals surface area (Å²) in [5, 5.41) is 18.4. The molecule has 0 radical (unpaired) electrons. The maximum atomic E-state index is 12.7. The number of nitrogens with one attached hydrogen (secondary N) is 1. The zero-order valence-corrected chi connectivity index (χ0v) is 21.3. The van der Waals surface area contributed by atoms with Gasteiger partial charge in [-0.05, 0) is 59.7 Å². The minimum atomic E-state index is -2.21. The van der Waals surface area contributed by atoms with Crippen molar-refractivity contribution in [1.29, 1.82) is 0 Å². The van der Waals surface area contributed by atoms with Crippen LogP contribution in [0.3, 0.4) is 0 Å². The molecule has 0 aliphatic heterocycles. The summed E-state index contributed by atoms with van der Waals surface area (Å²) in [6.07, 6.45) is -1.20. The van der Waals surface area contributed by atoms with Crippen molar-refractivity contribution in [1.82, 2.24) is 5.32 Å². The topological polar surface area (TPSA) is 49.3 Å². The molecule has 1 atom stereocenters. The molecule has 0 aromatic heterocycles. The highest BCUT2D eigenvalue weighted by Crippen LogP contribution is 2.54. The molecule has 0 aliphatic rings. The lowest BCUT2D eigenvalue weighted by Crippen LogP contribution is -2.39. The molecule has 3 nitrogen and oxygen atoms in total. The smallest absolute Gasteiger partial charge is 0.253 e. The quantitative estimate of drug-likeness (QED) is 0.304. The van der Waals surface area contributed by atoms with Crippen molar-refractivity contribution < 1.29 is 9.90 Å². The van der Waals surface area contributed by atoms with Crippen molar-refractivity contribution >= 4 is 34.4 Å². The van der Waals surface area contributed by atoms with Gasteiger partial charge in [0.2, 0.25) is 0 Å². The lowest BCUT2D eigenvalue weighted by molar-refractivity contribution is -0.129. The third-order valence-electron chi connectivity index (χ3n) is 6.56. The first kappa shape index (κ1) is 24.6. The van der Waals surface area contributed by atoms with Crippen LogP contribution in [-0.4, -0.2) is 11.0 Å². The third-order valence-corrected chi connectivity index (χ3v) is 10.8. The Hall–Kier alpha value is -4.04. The lowest BCUT2D eigenvalue weighted by atomic mass is 10.1. The third kappa shape index (κ3) is 5.11. The molecule has 0 fully saturated rings. The van der Waals surface area contributed by atoms with Crippen LogP contribution in [-0.2, 0) is 11.3 Å². The fourth-order valence-electron chi connectivity index (χ4n) is 4.80. The number of aliphatic hydroxyl groups excluding tert-OH is 1. The van der Waals surface area contributed by atoms with Crippen LogP contribution in [0, 0.1) is 0 Å². The maximum absolute atomic E-state index is 12.7. The van der Waals surface area contributed by atoms with E-state index in [2.05, 4.69) is 115 Å². The predicted molar refractivity (Wildman–Crippen MR) is 154 cm³/mol. The van der Waals surface area contributed by atoms with Crippen LogP contribution in [0.25, 0.3) is 0 Å². The monoisotopic (exact) mass is 502 g/mol. The van der Waals surface area contributed by atoms with Crippen molar-refractivity contribution in [2.45, 2.75) is 12.6 Å². The van der Waals surface area contributed by atoms with Gasteiger partial charge in [0.25, 0.3) is 5.91 Å². The Morgan fingerprint density at radius 3 is 1.51 bits per heavy atom. The summed E-state index contributed by atoms with van der Waals surface area (Å²) in [5.41, 5.74) is 1.56. The number of carbonyl (C=O) groups excluding carboxylic acids is 1. The van der Waals surface area contributed by atoms with Gasteiger partial charge in [-0.15, -0.1) is 0 Å². The molecular weight excluding hydrogens is 473 g/mol. The van der Waals surface area contributed by atoms with Crippen molar-refractivity contribution in [2.75, 3.05) is 0 Å². The highest BCUT2D eigenvalue weighted by Gasteiger charge is 2.47. The summed E-state index contributed by atoms with van der Waals surface area (Å²) in [6.45, 7) is 0.328. The number of hydrogen-bond donors (Lipinski definition) is 2. The largest absolute Gasteiger partial charge is 0.378 e. The van der Waals surface area contributed by atoms with Gasteiger partial charge >= 0.3 is 0 Å². The van der Waals surface area contributed by atoms with E-state index in [1.165, 1.54) is 21.2 Å². The summed E-state index contributed by atoms with van der Waals surface area (Å²) in [5.74, 6) is -0.410. The minimum absolute atomic E-state index is 0.328. The lowest BCUT2D eigenvalue weighted by Gasteiger charge is -2.28. The van der Waals surface area contributed by atoms with E-state index in [0.717, 1.165) is 5.56 Å². The van der Waals surface area contributed by atoms with E-state index in [4.69, 9.17) is 0 Å². The van der Waals surface area contributed by atoms with Crippen molar-refractivity contribution in [2.24, 2.45) is 0 Å². The molecule has 4 heteroatoms. The fourth-order valence-corrected chi connectivity index (χ4v) is 9.11. The number of benzene rings is 5. The van der Waals surface area contributed by atoms with Gasteiger partial charge in [0, 0.05) is 6.54 Å². The highest BCUT2D eigenvalue weighted by molar-refractivity contribution is 8.01. The molecule has 0 heterocycles. The number of aliphatic hydroxyl groups is 1. The Labute approximate surface area is 218 Å². The van der Waals surface area contributed by atoms with Gasteiger partial charge in [0.15, 0.2) is 6.10 Å². The molecule has 0 bridgehead atoms. The molecule has 2 N–H and O–H groups in total. The maximum Gasteiger partial charge on any atom is 0.253 e. The molecule has 5 aromatic rings. The normalized spacial score (nSPS) is 12.0. The van der Waals surface area contributed by atoms with Crippen molar-refractivity contribution in [3.8, 4) is 0 Å². The van der Waals surface area contributed by atoms with E-state index in [1.54, 1.807) is 12.1 Å². The minimum Gasteiger partial charge on any atom is -0.378 e. The second-order valence-corrected chi connectivity index (χ2v) is 12.3. The SMILES string of the molecule is O=C(NCc1cccc([P+](c2ccccc2)(c2ccccc2)c2ccccc2)c1)[C@@H](O)c1ccccc1.